The molecule has 3 N–H and O–H groups in total. The molecule has 7 nitrogen and oxygen atoms in total. The third-order valence-electron chi connectivity index (χ3n) is 4.89. The second-order valence-electron chi connectivity index (χ2n) is 7.41. The molecule has 1 unspecified atom stereocenters. The van der Waals surface area contributed by atoms with E-state index in [1.807, 2.05) is 29.6 Å². The van der Waals surface area contributed by atoms with E-state index in [1.54, 1.807) is 24.5 Å². The van der Waals surface area contributed by atoms with Crippen molar-refractivity contribution in [3.8, 4) is 0 Å². The highest BCUT2D eigenvalue weighted by Crippen LogP contribution is 2.25. The Morgan fingerprint density at radius 3 is 2.79 bits per heavy atom. The van der Waals surface area contributed by atoms with Crippen LogP contribution in [0.25, 0.3) is 0 Å². The minimum absolute atomic E-state index is 0.299. The van der Waals surface area contributed by atoms with Crippen LogP contribution in [0.4, 0.5) is 0 Å². The molecule has 0 amide bonds. The summed E-state index contributed by atoms with van der Waals surface area (Å²) in [5.41, 5.74) is -0.975. The minimum Gasteiger partial charge on any atom is -0.469 e. The van der Waals surface area contributed by atoms with Gasteiger partial charge in [-0.3, -0.25) is 4.90 Å². The lowest BCUT2D eigenvalue weighted by Gasteiger charge is -2.26. The Balaban J connectivity index is 1.48. The number of morpholine rings is 1. The summed E-state index contributed by atoms with van der Waals surface area (Å²) in [6.07, 6.45) is 3.50. The van der Waals surface area contributed by atoms with Gasteiger partial charge in [-0.1, -0.05) is 6.07 Å². The number of nitrogens with zero attached hydrogens (tertiary/aromatic N) is 2. The first-order valence-corrected chi connectivity index (χ1v) is 11.1. The fourth-order valence-electron chi connectivity index (χ4n) is 3.16. The van der Waals surface area contributed by atoms with Crippen LogP contribution < -0.4 is 10.6 Å². The summed E-state index contributed by atoms with van der Waals surface area (Å²) in [6.45, 7) is 8.35. The number of aliphatic hydroxyl groups is 1. The topological polar surface area (TPSA) is 82.3 Å². The monoisotopic (exact) mass is 420 g/mol. The van der Waals surface area contributed by atoms with Crippen LogP contribution in [0, 0.1) is 0 Å². The lowest BCUT2D eigenvalue weighted by molar-refractivity contribution is 0.0376. The molecule has 0 radical (unpaired) electrons. The second kappa shape index (κ2) is 11.3. The molecule has 1 aliphatic rings. The molecule has 29 heavy (non-hydrogen) atoms. The van der Waals surface area contributed by atoms with E-state index in [0.717, 1.165) is 68.8 Å². The molecule has 0 aliphatic carbocycles. The normalized spacial score (nSPS) is 17.8. The Bertz CT molecular complexity index is 710. The Labute approximate surface area is 176 Å². The molecule has 0 aromatic carbocycles. The van der Waals surface area contributed by atoms with Gasteiger partial charge < -0.3 is 24.9 Å². The number of furan rings is 1. The van der Waals surface area contributed by atoms with E-state index in [9.17, 15) is 5.11 Å². The predicted octanol–water partition coefficient (Wildman–Crippen LogP) is 2.05. The Morgan fingerprint density at radius 2 is 2.07 bits per heavy atom. The predicted molar refractivity (Wildman–Crippen MR) is 116 cm³/mol. The number of ether oxygens (including phenoxy) is 1. The fourth-order valence-corrected chi connectivity index (χ4v) is 3.94. The van der Waals surface area contributed by atoms with Gasteiger partial charge in [0.25, 0.3) is 0 Å². The standard InChI is InChI=1S/C21H32N4O3S/c1-21(26,19-6-3-16-29-19)17-24-20(23-9-7-18-5-2-13-28-18)22-8-4-10-25-11-14-27-15-12-25/h2-3,5-6,13,16,26H,4,7-12,14-15,17H2,1H3,(H2,22,23,24). The average Bonchev–Trinajstić information content (AvgIpc) is 3.44. The van der Waals surface area contributed by atoms with Crippen LogP contribution in [0.2, 0.25) is 0 Å². The largest absolute Gasteiger partial charge is 0.469 e. The van der Waals surface area contributed by atoms with Crippen LogP contribution in [0.1, 0.15) is 24.0 Å². The number of nitrogens with one attached hydrogen (secondary N) is 2. The highest BCUT2D eigenvalue weighted by atomic mass is 32.1. The van der Waals surface area contributed by atoms with Crippen LogP contribution in [-0.2, 0) is 16.8 Å². The van der Waals surface area contributed by atoms with Crippen LogP contribution in [-0.4, -0.2) is 68.4 Å². The summed E-state index contributed by atoms with van der Waals surface area (Å²) in [5.74, 6) is 1.66. The third-order valence-corrected chi connectivity index (χ3v) is 6.01. The van der Waals surface area contributed by atoms with Crippen LogP contribution in [0.3, 0.4) is 0 Å². The zero-order chi connectivity index (χ0) is 20.4. The van der Waals surface area contributed by atoms with Gasteiger partial charge >= 0.3 is 0 Å². The summed E-state index contributed by atoms with van der Waals surface area (Å²) in [5, 5.41) is 19.5. The number of rotatable bonds is 10. The lowest BCUT2D eigenvalue weighted by atomic mass is 10.1. The SMILES string of the molecule is CC(O)(CN=C(NCCCN1CCOCC1)NCCc1ccco1)c1cccs1. The molecule has 0 spiro atoms. The van der Waals surface area contributed by atoms with Crippen molar-refractivity contribution in [1.29, 1.82) is 0 Å². The molecule has 1 fully saturated rings. The van der Waals surface area contributed by atoms with Crippen molar-refractivity contribution in [3.63, 3.8) is 0 Å². The number of hydrogen-bond acceptors (Lipinski definition) is 6. The van der Waals surface area contributed by atoms with E-state index < -0.39 is 5.60 Å². The van der Waals surface area contributed by atoms with Crippen molar-refractivity contribution in [2.45, 2.75) is 25.4 Å². The maximum atomic E-state index is 10.8. The number of guanidine groups is 1. The maximum Gasteiger partial charge on any atom is 0.191 e. The van der Waals surface area contributed by atoms with E-state index in [2.05, 4.69) is 20.5 Å². The first-order chi connectivity index (χ1) is 14.1. The quantitative estimate of drug-likeness (QED) is 0.310. The molecule has 1 aliphatic heterocycles. The molecule has 8 heteroatoms. The molecule has 2 aromatic rings. The summed E-state index contributed by atoms with van der Waals surface area (Å²) in [4.78, 5) is 7.99. The van der Waals surface area contributed by atoms with E-state index in [1.165, 1.54) is 0 Å². The Kier molecular flexibility index (Phi) is 8.54. The number of thiophene rings is 1. The Hall–Kier alpha value is -1.87. The molecule has 3 heterocycles. The summed E-state index contributed by atoms with van der Waals surface area (Å²) in [6, 6.07) is 7.76. The second-order valence-corrected chi connectivity index (χ2v) is 8.35. The van der Waals surface area contributed by atoms with Crippen molar-refractivity contribution < 1.29 is 14.3 Å². The molecular weight excluding hydrogens is 388 g/mol. The number of aliphatic imine (C=N–C) groups is 1. The van der Waals surface area contributed by atoms with Crippen LogP contribution >= 0.6 is 11.3 Å². The van der Waals surface area contributed by atoms with Crippen molar-refractivity contribution in [3.05, 3.63) is 46.5 Å². The van der Waals surface area contributed by atoms with E-state index in [0.29, 0.717) is 13.1 Å². The first-order valence-electron chi connectivity index (χ1n) is 10.2. The molecule has 3 rings (SSSR count). The molecule has 2 aromatic heterocycles. The molecule has 1 atom stereocenters. The molecule has 160 valence electrons. The van der Waals surface area contributed by atoms with Gasteiger partial charge in [0.15, 0.2) is 5.96 Å². The van der Waals surface area contributed by atoms with Crippen molar-refractivity contribution in [2.75, 3.05) is 52.5 Å². The highest BCUT2D eigenvalue weighted by molar-refractivity contribution is 7.10. The van der Waals surface area contributed by atoms with Gasteiger partial charge in [-0.25, -0.2) is 4.99 Å². The first kappa shape index (κ1) is 21.8. The molecule has 0 saturated carbocycles. The minimum atomic E-state index is -0.975. The van der Waals surface area contributed by atoms with Gasteiger partial charge in [0.2, 0.25) is 0 Å². The molecule has 1 saturated heterocycles. The lowest BCUT2D eigenvalue weighted by Crippen LogP contribution is -2.42. The van der Waals surface area contributed by atoms with Gasteiger partial charge in [0, 0.05) is 37.5 Å². The van der Waals surface area contributed by atoms with Gasteiger partial charge in [-0.05, 0) is 43.5 Å². The van der Waals surface area contributed by atoms with E-state index in [4.69, 9.17) is 9.15 Å². The van der Waals surface area contributed by atoms with Crippen molar-refractivity contribution in [2.24, 2.45) is 4.99 Å². The zero-order valence-corrected chi connectivity index (χ0v) is 17.9. The van der Waals surface area contributed by atoms with Gasteiger partial charge in [-0.2, -0.15) is 0 Å². The van der Waals surface area contributed by atoms with Gasteiger partial charge in [0.05, 0.1) is 26.0 Å². The summed E-state index contributed by atoms with van der Waals surface area (Å²) < 4.78 is 10.8. The van der Waals surface area contributed by atoms with Gasteiger partial charge in [0.1, 0.15) is 11.4 Å². The Morgan fingerprint density at radius 1 is 1.24 bits per heavy atom. The van der Waals surface area contributed by atoms with Crippen molar-refractivity contribution >= 4 is 17.3 Å². The zero-order valence-electron chi connectivity index (χ0n) is 17.1. The molecule has 0 bridgehead atoms. The maximum absolute atomic E-state index is 10.8. The van der Waals surface area contributed by atoms with E-state index >= 15 is 0 Å². The summed E-state index contributed by atoms with van der Waals surface area (Å²) >= 11 is 1.55. The highest BCUT2D eigenvalue weighted by Gasteiger charge is 2.24. The third kappa shape index (κ3) is 7.47. The van der Waals surface area contributed by atoms with Crippen molar-refractivity contribution in [1.82, 2.24) is 15.5 Å². The van der Waals surface area contributed by atoms with Crippen LogP contribution in [0.15, 0.2) is 45.3 Å². The summed E-state index contributed by atoms with van der Waals surface area (Å²) in [7, 11) is 0. The average molecular weight is 421 g/mol. The van der Waals surface area contributed by atoms with Crippen LogP contribution in [0.5, 0.6) is 0 Å². The fraction of sp³-hybridized carbons (Fsp3) is 0.571. The van der Waals surface area contributed by atoms with E-state index in [-0.39, 0.29) is 0 Å². The molecular formula is C21H32N4O3S. The van der Waals surface area contributed by atoms with Gasteiger partial charge in [-0.15, -0.1) is 11.3 Å². The number of hydrogen-bond donors (Lipinski definition) is 3. The smallest absolute Gasteiger partial charge is 0.191 e.